The molecule has 3 rings (SSSR count). The number of hydrogen-bond acceptors (Lipinski definition) is 5. The molecule has 162 valence electrons. The van der Waals surface area contributed by atoms with Crippen LogP contribution in [0.15, 0.2) is 66.0 Å². The molecule has 2 aromatic carbocycles. The van der Waals surface area contributed by atoms with E-state index in [-0.39, 0.29) is 18.2 Å². The van der Waals surface area contributed by atoms with Crippen molar-refractivity contribution in [3.05, 3.63) is 77.3 Å². The number of anilines is 2. The Kier molecular flexibility index (Phi) is 8.60. The van der Waals surface area contributed by atoms with E-state index in [0.717, 1.165) is 35.8 Å². The molecule has 0 fully saturated rings. The van der Waals surface area contributed by atoms with Crippen LogP contribution >= 0.6 is 11.3 Å². The summed E-state index contributed by atoms with van der Waals surface area (Å²) in [6.45, 7) is 3.70. The zero-order valence-electron chi connectivity index (χ0n) is 17.7. The van der Waals surface area contributed by atoms with Gasteiger partial charge in [0.05, 0.1) is 0 Å². The van der Waals surface area contributed by atoms with E-state index in [0.29, 0.717) is 18.8 Å². The third kappa shape index (κ3) is 7.22. The van der Waals surface area contributed by atoms with Crippen molar-refractivity contribution in [1.29, 1.82) is 0 Å². The summed E-state index contributed by atoms with van der Waals surface area (Å²) in [6.07, 6.45) is 2.36. The summed E-state index contributed by atoms with van der Waals surface area (Å²) in [7, 11) is 0. The molecule has 1 heterocycles. The number of aromatic nitrogens is 1. The van der Waals surface area contributed by atoms with Crippen molar-refractivity contribution in [2.24, 2.45) is 0 Å². The maximum Gasteiger partial charge on any atom is 0.273 e. The van der Waals surface area contributed by atoms with Gasteiger partial charge in [-0.05, 0) is 24.1 Å². The van der Waals surface area contributed by atoms with Crippen molar-refractivity contribution in [3.63, 3.8) is 0 Å². The van der Waals surface area contributed by atoms with Gasteiger partial charge in [-0.25, -0.2) is 4.98 Å². The van der Waals surface area contributed by atoms with E-state index in [9.17, 15) is 9.59 Å². The Morgan fingerprint density at radius 1 is 1.03 bits per heavy atom. The number of carbonyl (C=O) groups is 2. The minimum Gasteiger partial charge on any atom is -0.362 e. The van der Waals surface area contributed by atoms with Crippen molar-refractivity contribution in [2.75, 3.05) is 23.7 Å². The lowest BCUT2D eigenvalue weighted by Gasteiger charge is -2.22. The van der Waals surface area contributed by atoms with Crippen LogP contribution in [0.1, 0.15) is 42.2 Å². The molecule has 0 spiro atoms. The first-order chi connectivity index (χ1) is 15.2. The van der Waals surface area contributed by atoms with Gasteiger partial charge in [0, 0.05) is 37.1 Å². The summed E-state index contributed by atoms with van der Waals surface area (Å²) >= 11 is 1.43. The van der Waals surface area contributed by atoms with Gasteiger partial charge in [0.2, 0.25) is 5.91 Å². The van der Waals surface area contributed by atoms with Gasteiger partial charge < -0.3 is 15.5 Å². The molecule has 2 amide bonds. The Morgan fingerprint density at radius 3 is 2.45 bits per heavy atom. The lowest BCUT2D eigenvalue weighted by atomic mass is 10.2. The van der Waals surface area contributed by atoms with Crippen LogP contribution in [0.25, 0.3) is 0 Å². The van der Waals surface area contributed by atoms with E-state index in [1.807, 2.05) is 60.7 Å². The van der Waals surface area contributed by atoms with Crippen molar-refractivity contribution in [1.82, 2.24) is 9.88 Å². The molecule has 0 aliphatic heterocycles. The monoisotopic (exact) mass is 436 g/mol. The lowest BCUT2D eigenvalue weighted by Crippen LogP contribution is -2.33. The molecule has 0 bridgehead atoms. The maximum atomic E-state index is 13.2. The molecule has 0 aliphatic rings. The Bertz CT molecular complexity index is 960. The summed E-state index contributed by atoms with van der Waals surface area (Å²) in [5.41, 5.74) is 2.16. The molecular weight excluding hydrogens is 408 g/mol. The van der Waals surface area contributed by atoms with E-state index < -0.39 is 0 Å². The molecule has 1 aromatic heterocycles. The molecule has 0 atom stereocenters. The zero-order valence-corrected chi connectivity index (χ0v) is 18.5. The topological polar surface area (TPSA) is 74.3 Å². The van der Waals surface area contributed by atoms with Crippen LogP contribution in [0.3, 0.4) is 0 Å². The molecule has 2 N–H and O–H groups in total. The smallest absolute Gasteiger partial charge is 0.273 e. The summed E-state index contributed by atoms with van der Waals surface area (Å²) in [6, 6.07) is 19.1. The molecule has 0 aliphatic carbocycles. The van der Waals surface area contributed by atoms with Gasteiger partial charge in [-0.1, -0.05) is 61.9 Å². The number of amides is 2. The standard InChI is InChI=1S/C24H28N4O2S/c1-2-3-15-25-24-27-21(18-31-24)23(30)28(17-19-10-6-4-7-11-19)16-14-22(29)26-20-12-8-5-9-13-20/h4-13,18H,2-3,14-17H2,1H3,(H,25,27)(H,26,29). The van der Waals surface area contributed by atoms with Gasteiger partial charge in [-0.15, -0.1) is 11.3 Å². The van der Waals surface area contributed by atoms with Crippen LogP contribution in [0.4, 0.5) is 10.8 Å². The van der Waals surface area contributed by atoms with Crippen molar-refractivity contribution < 1.29 is 9.59 Å². The Hall–Kier alpha value is -3.19. The van der Waals surface area contributed by atoms with Crippen molar-refractivity contribution in [2.45, 2.75) is 32.7 Å². The first kappa shape index (κ1) is 22.5. The molecule has 0 unspecified atom stereocenters. The van der Waals surface area contributed by atoms with E-state index >= 15 is 0 Å². The van der Waals surface area contributed by atoms with Crippen LogP contribution in [-0.4, -0.2) is 34.8 Å². The van der Waals surface area contributed by atoms with E-state index in [1.54, 1.807) is 10.3 Å². The zero-order chi connectivity index (χ0) is 21.9. The second kappa shape index (κ2) is 11.9. The van der Waals surface area contributed by atoms with Gasteiger partial charge in [0.1, 0.15) is 5.69 Å². The molecule has 7 heteroatoms. The summed E-state index contributed by atoms with van der Waals surface area (Å²) < 4.78 is 0. The van der Waals surface area contributed by atoms with E-state index in [2.05, 4.69) is 22.5 Å². The van der Waals surface area contributed by atoms with Crippen molar-refractivity contribution >= 4 is 34.0 Å². The molecule has 31 heavy (non-hydrogen) atoms. The average molecular weight is 437 g/mol. The number of para-hydroxylation sites is 1. The second-order valence-electron chi connectivity index (χ2n) is 7.19. The van der Waals surface area contributed by atoms with Crippen LogP contribution < -0.4 is 10.6 Å². The van der Waals surface area contributed by atoms with Crippen LogP contribution in [0.2, 0.25) is 0 Å². The summed E-state index contributed by atoms with van der Waals surface area (Å²) in [5, 5.41) is 8.66. The average Bonchev–Trinajstić information content (AvgIpc) is 3.27. The number of thiazole rings is 1. The minimum atomic E-state index is -0.170. The predicted molar refractivity (Wildman–Crippen MR) is 126 cm³/mol. The van der Waals surface area contributed by atoms with Crippen LogP contribution in [0, 0.1) is 0 Å². The van der Waals surface area contributed by atoms with Crippen LogP contribution in [0.5, 0.6) is 0 Å². The fraction of sp³-hybridized carbons (Fsp3) is 0.292. The quantitative estimate of drug-likeness (QED) is 0.414. The normalized spacial score (nSPS) is 10.5. The highest BCUT2D eigenvalue weighted by Crippen LogP contribution is 2.18. The van der Waals surface area contributed by atoms with Gasteiger partial charge >= 0.3 is 0 Å². The van der Waals surface area contributed by atoms with E-state index in [4.69, 9.17) is 0 Å². The number of nitrogens with zero attached hydrogens (tertiary/aromatic N) is 2. The predicted octanol–water partition coefficient (Wildman–Crippen LogP) is 5.03. The number of hydrogen-bond donors (Lipinski definition) is 2. The molecule has 6 nitrogen and oxygen atoms in total. The number of unbranched alkanes of at least 4 members (excludes halogenated alkanes) is 1. The summed E-state index contributed by atoms with van der Waals surface area (Å²) in [4.78, 5) is 31.7. The Balaban J connectivity index is 1.65. The van der Waals surface area contributed by atoms with Gasteiger partial charge in [-0.3, -0.25) is 9.59 Å². The number of benzene rings is 2. The third-order valence-electron chi connectivity index (χ3n) is 4.70. The van der Waals surface area contributed by atoms with Crippen LogP contribution in [-0.2, 0) is 11.3 Å². The van der Waals surface area contributed by atoms with Gasteiger partial charge in [0.15, 0.2) is 5.13 Å². The SMILES string of the molecule is CCCCNc1nc(C(=O)N(CCC(=O)Nc2ccccc2)Cc2ccccc2)cs1. The Morgan fingerprint density at radius 2 is 1.74 bits per heavy atom. The Labute approximate surface area is 187 Å². The first-order valence-corrected chi connectivity index (χ1v) is 11.4. The highest BCUT2D eigenvalue weighted by molar-refractivity contribution is 7.13. The molecule has 0 saturated carbocycles. The maximum absolute atomic E-state index is 13.2. The fourth-order valence-corrected chi connectivity index (χ4v) is 3.74. The summed E-state index contributed by atoms with van der Waals surface area (Å²) in [5.74, 6) is -0.298. The number of nitrogens with one attached hydrogen (secondary N) is 2. The molecule has 3 aromatic rings. The number of rotatable bonds is 11. The van der Waals surface area contributed by atoms with E-state index in [1.165, 1.54) is 11.3 Å². The first-order valence-electron chi connectivity index (χ1n) is 10.5. The van der Waals surface area contributed by atoms with Gasteiger partial charge in [-0.2, -0.15) is 0 Å². The minimum absolute atomic E-state index is 0.128. The second-order valence-corrected chi connectivity index (χ2v) is 8.05. The molecule has 0 saturated heterocycles. The fourth-order valence-electron chi connectivity index (χ4n) is 3.02. The largest absolute Gasteiger partial charge is 0.362 e. The third-order valence-corrected chi connectivity index (χ3v) is 5.50. The molecular formula is C24H28N4O2S. The molecule has 0 radical (unpaired) electrons. The van der Waals surface area contributed by atoms with Crippen molar-refractivity contribution in [3.8, 4) is 0 Å². The highest BCUT2D eigenvalue weighted by Gasteiger charge is 2.20. The number of carbonyl (C=O) groups excluding carboxylic acids is 2. The van der Waals surface area contributed by atoms with Gasteiger partial charge in [0.25, 0.3) is 5.91 Å². The highest BCUT2D eigenvalue weighted by atomic mass is 32.1. The lowest BCUT2D eigenvalue weighted by molar-refractivity contribution is -0.116.